The van der Waals surface area contributed by atoms with E-state index in [0.717, 1.165) is 0 Å². The smallest absolute Gasteiger partial charge is 0.191 e. The first kappa shape index (κ1) is 15.3. The van der Waals surface area contributed by atoms with E-state index in [4.69, 9.17) is 44.3 Å². The molecule has 0 aromatic heterocycles. The maximum absolute atomic E-state index is 6.22. The second-order valence-electron chi connectivity index (χ2n) is 3.83. The zero-order chi connectivity index (χ0) is 14.6. The Bertz CT molecular complexity index is 750. The molecule has 0 bridgehead atoms. The molecule has 0 atom stereocenters. The van der Waals surface area contributed by atoms with Crippen LogP contribution in [0.3, 0.4) is 0 Å². The third-order valence-corrected chi connectivity index (χ3v) is 6.11. The van der Waals surface area contributed by atoms with Crippen molar-refractivity contribution in [2.24, 2.45) is 0 Å². The lowest BCUT2D eigenvalue weighted by Crippen LogP contribution is -2.02. The van der Waals surface area contributed by atoms with Crippen molar-refractivity contribution in [1.29, 1.82) is 0 Å². The molecule has 0 amide bonds. The molecule has 0 unspecified atom stereocenters. The summed E-state index contributed by atoms with van der Waals surface area (Å²) in [5, 5.41) is 1.04. The van der Waals surface area contributed by atoms with Crippen LogP contribution in [0.2, 0.25) is 15.1 Å². The van der Waals surface area contributed by atoms with E-state index in [1.165, 1.54) is 0 Å². The molecule has 1 aliphatic rings. The number of fused-ring (bicyclic) bond motifs is 2. The van der Waals surface area contributed by atoms with Gasteiger partial charge in [-0.15, -0.1) is 0 Å². The molecule has 0 aliphatic carbocycles. The van der Waals surface area contributed by atoms with Crippen molar-refractivity contribution in [1.82, 2.24) is 0 Å². The van der Waals surface area contributed by atoms with E-state index in [-0.39, 0.29) is 5.02 Å². The highest BCUT2D eigenvalue weighted by atomic mass is 79.9. The van der Waals surface area contributed by atoms with Gasteiger partial charge in [0.05, 0.1) is 9.50 Å². The van der Waals surface area contributed by atoms with E-state index >= 15 is 0 Å². The van der Waals surface area contributed by atoms with Gasteiger partial charge in [0, 0.05) is 15.0 Å². The fourth-order valence-electron chi connectivity index (χ4n) is 1.68. The third-order valence-electron chi connectivity index (χ3n) is 2.59. The summed E-state index contributed by atoms with van der Waals surface area (Å²) in [6.07, 6.45) is 0. The van der Waals surface area contributed by atoms with Gasteiger partial charge in [0.15, 0.2) is 23.0 Å². The SMILES string of the molecule is Clc1c(Br)cc2c(c1Cl)Oc1c(Br)cc(Br)c(Cl)c1O2. The molecular weight excluding hydrogens is 522 g/mol. The van der Waals surface area contributed by atoms with Crippen LogP contribution in [0.15, 0.2) is 25.6 Å². The lowest BCUT2D eigenvalue weighted by molar-refractivity contribution is 0.357. The van der Waals surface area contributed by atoms with E-state index in [2.05, 4.69) is 47.8 Å². The normalized spacial score (nSPS) is 12.3. The van der Waals surface area contributed by atoms with E-state index < -0.39 is 0 Å². The first-order chi connectivity index (χ1) is 9.40. The van der Waals surface area contributed by atoms with E-state index in [1.807, 2.05) is 0 Å². The molecule has 2 aromatic carbocycles. The fraction of sp³-hybridized carbons (Fsp3) is 0. The van der Waals surface area contributed by atoms with Crippen molar-refractivity contribution in [2.75, 3.05) is 0 Å². The van der Waals surface area contributed by atoms with Crippen molar-refractivity contribution in [3.63, 3.8) is 0 Å². The lowest BCUT2D eigenvalue weighted by atomic mass is 10.2. The average molecular weight is 524 g/mol. The van der Waals surface area contributed by atoms with Crippen LogP contribution in [0.1, 0.15) is 0 Å². The van der Waals surface area contributed by atoms with Gasteiger partial charge in [0.1, 0.15) is 10.0 Å². The van der Waals surface area contributed by atoms with Gasteiger partial charge in [-0.3, -0.25) is 0 Å². The van der Waals surface area contributed by atoms with Crippen molar-refractivity contribution in [3.05, 3.63) is 40.6 Å². The molecule has 0 fully saturated rings. The second-order valence-corrected chi connectivity index (χ2v) is 7.53. The first-order valence-corrected chi connectivity index (χ1v) is 8.62. The minimum absolute atomic E-state index is 0.271. The average Bonchev–Trinajstić information content (AvgIpc) is 2.41. The topological polar surface area (TPSA) is 18.5 Å². The molecule has 0 spiro atoms. The molecule has 8 heteroatoms. The number of hydrogen-bond donors (Lipinski definition) is 0. The monoisotopic (exact) mass is 520 g/mol. The Balaban J connectivity index is 2.24. The van der Waals surface area contributed by atoms with Crippen LogP contribution in [-0.4, -0.2) is 0 Å². The minimum Gasteiger partial charge on any atom is -0.448 e. The Kier molecular flexibility index (Phi) is 4.21. The van der Waals surface area contributed by atoms with Gasteiger partial charge in [0.2, 0.25) is 0 Å². The quantitative estimate of drug-likeness (QED) is 0.221. The molecule has 20 heavy (non-hydrogen) atoms. The lowest BCUT2D eigenvalue weighted by Gasteiger charge is -2.24. The highest BCUT2D eigenvalue weighted by molar-refractivity contribution is 9.11. The zero-order valence-electron chi connectivity index (χ0n) is 9.24. The molecule has 1 aliphatic heterocycles. The summed E-state index contributed by atoms with van der Waals surface area (Å²) >= 11 is 28.5. The molecule has 0 N–H and O–H groups in total. The largest absolute Gasteiger partial charge is 0.448 e. The van der Waals surface area contributed by atoms with Gasteiger partial charge in [-0.05, 0) is 53.9 Å². The van der Waals surface area contributed by atoms with E-state index in [0.29, 0.717) is 46.5 Å². The van der Waals surface area contributed by atoms with Crippen LogP contribution in [-0.2, 0) is 0 Å². The standard InChI is InChI=1S/C12H2Br3Cl3O2/c13-3-1-5(15)10-12(8(3)17)19-6-2-4(14)7(16)9(18)11(6)20-10/h1-2H. The minimum atomic E-state index is 0.271. The molecule has 1 heterocycles. The Morgan fingerprint density at radius 2 is 1.30 bits per heavy atom. The second kappa shape index (κ2) is 5.52. The highest BCUT2D eigenvalue weighted by Gasteiger charge is 2.29. The van der Waals surface area contributed by atoms with Gasteiger partial charge in [-0.1, -0.05) is 34.8 Å². The molecule has 0 saturated heterocycles. The molecule has 2 aromatic rings. The van der Waals surface area contributed by atoms with Crippen molar-refractivity contribution in [2.45, 2.75) is 0 Å². The summed E-state index contributed by atoms with van der Waals surface area (Å²) in [4.78, 5) is 0. The van der Waals surface area contributed by atoms with Crippen LogP contribution >= 0.6 is 82.6 Å². The van der Waals surface area contributed by atoms with Crippen molar-refractivity contribution in [3.8, 4) is 23.0 Å². The maximum Gasteiger partial charge on any atom is 0.191 e. The zero-order valence-corrected chi connectivity index (χ0v) is 16.3. The molecule has 0 radical (unpaired) electrons. The van der Waals surface area contributed by atoms with Gasteiger partial charge < -0.3 is 9.47 Å². The van der Waals surface area contributed by atoms with Crippen LogP contribution in [0, 0.1) is 0 Å². The summed E-state index contributed by atoms with van der Waals surface area (Å²) in [5.74, 6) is 1.65. The fourth-order valence-corrected chi connectivity index (χ4v) is 3.96. The number of rotatable bonds is 0. The Hall–Kier alpha value is 0.350. The van der Waals surface area contributed by atoms with Gasteiger partial charge in [-0.2, -0.15) is 0 Å². The first-order valence-electron chi connectivity index (χ1n) is 5.11. The molecule has 3 rings (SSSR count). The van der Waals surface area contributed by atoms with E-state index in [9.17, 15) is 0 Å². The van der Waals surface area contributed by atoms with Gasteiger partial charge in [-0.25, -0.2) is 0 Å². The Morgan fingerprint density at radius 1 is 0.650 bits per heavy atom. The Labute approximate surface area is 154 Å². The number of ether oxygens (including phenoxy) is 2. The molecular formula is C12H2Br3Cl3O2. The van der Waals surface area contributed by atoms with Gasteiger partial charge in [0.25, 0.3) is 0 Å². The number of halogens is 6. The summed E-state index contributed by atoms with van der Waals surface area (Å²) in [6, 6.07) is 3.45. The van der Waals surface area contributed by atoms with Crippen molar-refractivity contribution >= 4 is 82.6 Å². The van der Waals surface area contributed by atoms with Crippen LogP contribution in [0.4, 0.5) is 0 Å². The van der Waals surface area contributed by atoms with E-state index in [1.54, 1.807) is 12.1 Å². The summed E-state index contributed by atoms with van der Waals surface area (Å²) in [7, 11) is 0. The summed E-state index contributed by atoms with van der Waals surface area (Å²) in [5.41, 5.74) is 0. The number of benzene rings is 2. The predicted molar refractivity (Wildman–Crippen MR) is 91.2 cm³/mol. The highest BCUT2D eigenvalue weighted by Crippen LogP contribution is 2.57. The Morgan fingerprint density at radius 3 is 2.00 bits per heavy atom. The number of hydrogen-bond acceptors (Lipinski definition) is 2. The third kappa shape index (κ3) is 2.36. The van der Waals surface area contributed by atoms with Crippen molar-refractivity contribution < 1.29 is 9.47 Å². The van der Waals surface area contributed by atoms with Crippen LogP contribution < -0.4 is 9.47 Å². The summed E-state index contributed by atoms with van der Waals surface area (Å²) < 4.78 is 13.6. The molecule has 0 saturated carbocycles. The van der Waals surface area contributed by atoms with Gasteiger partial charge >= 0.3 is 0 Å². The van der Waals surface area contributed by atoms with Crippen LogP contribution in [0.5, 0.6) is 23.0 Å². The maximum atomic E-state index is 6.22. The molecule has 104 valence electrons. The van der Waals surface area contributed by atoms with Crippen LogP contribution in [0.25, 0.3) is 0 Å². The molecule has 2 nitrogen and oxygen atoms in total. The predicted octanol–water partition coefficient (Wildman–Crippen LogP) is 7.83. The summed E-state index contributed by atoms with van der Waals surface area (Å²) in [6.45, 7) is 0.